The van der Waals surface area contributed by atoms with E-state index in [1.54, 1.807) is 28.6 Å². The molecule has 0 unspecified atom stereocenters. The molecule has 4 nitrogen and oxygen atoms in total. The van der Waals surface area contributed by atoms with Crippen LogP contribution in [0, 0.1) is 0 Å². The number of anilines is 1. The zero-order valence-corrected chi connectivity index (χ0v) is 11.3. The summed E-state index contributed by atoms with van der Waals surface area (Å²) in [6.07, 6.45) is 4.21. The predicted molar refractivity (Wildman–Crippen MR) is 73.5 cm³/mol. The van der Waals surface area contributed by atoms with Crippen LogP contribution in [0.4, 0.5) is 5.69 Å². The Morgan fingerprint density at radius 2 is 1.56 bits per heavy atom. The van der Waals surface area contributed by atoms with Crippen LogP contribution in [-0.2, 0) is 15.8 Å². The Kier molecular flexibility index (Phi) is 4.24. The van der Waals surface area contributed by atoms with Gasteiger partial charge in [0.15, 0.2) is 0 Å². The van der Waals surface area contributed by atoms with Crippen LogP contribution < -0.4 is 5.73 Å². The molecule has 0 bridgehead atoms. The summed E-state index contributed by atoms with van der Waals surface area (Å²) in [7, 11) is -3.18. The van der Waals surface area contributed by atoms with Crippen LogP contribution in [0.1, 0.15) is 31.2 Å². The molecule has 0 radical (unpaired) electrons. The third kappa shape index (κ3) is 3.46. The van der Waals surface area contributed by atoms with Gasteiger partial charge < -0.3 is 5.73 Å². The molecule has 1 aliphatic heterocycles. The Balaban J connectivity index is 2.08. The maximum absolute atomic E-state index is 12.3. The molecule has 1 saturated heterocycles. The summed E-state index contributed by atoms with van der Waals surface area (Å²) in [5.41, 5.74) is 7.05. The van der Waals surface area contributed by atoms with Crippen LogP contribution >= 0.6 is 0 Å². The second-order valence-electron chi connectivity index (χ2n) is 4.81. The number of nitrogens with zero attached hydrogens (tertiary/aromatic N) is 1. The van der Waals surface area contributed by atoms with Gasteiger partial charge in [-0.2, -0.15) is 0 Å². The largest absolute Gasteiger partial charge is 0.399 e. The van der Waals surface area contributed by atoms with Gasteiger partial charge in [-0.05, 0) is 30.5 Å². The van der Waals surface area contributed by atoms with E-state index in [1.165, 1.54) is 0 Å². The van der Waals surface area contributed by atoms with Gasteiger partial charge in [-0.1, -0.05) is 25.0 Å². The Morgan fingerprint density at radius 1 is 1.00 bits per heavy atom. The molecule has 0 saturated carbocycles. The highest BCUT2D eigenvalue weighted by Crippen LogP contribution is 2.17. The van der Waals surface area contributed by atoms with Crippen molar-refractivity contribution in [1.29, 1.82) is 0 Å². The van der Waals surface area contributed by atoms with Gasteiger partial charge in [-0.15, -0.1) is 0 Å². The summed E-state index contributed by atoms with van der Waals surface area (Å²) in [5.74, 6) is 0.0767. The van der Waals surface area contributed by atoms with E-state index in [-0.39, 0.29) is 5.75 Å². The molecule has 1 aromatic carbocycles. The average molecular weight is 268 g/mol. The predicted octanol–water partition coefficient (Wildman–Crippen LogP) is 1.97. The lowest BCUT2D eigenvalue weighted by atomic mass is 10.2. The van der Waals surface area contributed by atoms with Crippen molar-refractivity contribution < 1.29 is 8.42 Å². The molecule has 18 heavy (non-hydrogen) atoms. The first-order valence-electron chi connectivity index (χ1n) is 6.40. The van der Waals surface area contributed by atoms with Gasteiger partial charge in [0, 0.05) is 18.8 Å². The fraction of sp³-hybridized carbons (Fsp3) is 0.538. The molecule has 0 atom stereocenters. The lowest BCUT2D eigenvalue weighted by molar-refractivity contribution is 0.423. The second kappa shape index (κ2) is 5.71. The van der Waals surface area contributed by atoms with Crippen molar-refractivity contribution in [2.24, 2.45) is 0 Å². The Bertz CT molecular complexity index is 474. The number of benzene rings is 1. The van der Waals surface area contributed by atoms with Gasteiger partial charge in [0.2, 0.25) is 10.0 Å². The molecule has 2 N–H and O–H groups in total. The summed E-state index contributed by atoms with van der Waals surface area (Å²) in [6.45, 7) is 1.33. The third-order valence-corrected chi connectivity index (χ3v) is 5.14. The number of hydrogen-bond acceptors (Lipinski definition) is 3. The summed E-state index contributed by atoms with van der Waals surface area (Å²) >= 11 is 0. The Morgan fingerprint density at radius 3 is 2.11 bits per heavy atom. The fourth-order valence-corrected chi connectivity index (χ4v) is 3.85. The van der Waals surface area contributed by atoms with Crippen molar-refractivity contribution in [3.8, 4) is 0 Å². The topological polar surface area (TPSA) is 63.4 Å². The van der Waals surface area contributed by atoms with E-state index >= 15 is 0 Å². The number of sulfonamides is 1. The number of nitrogens with two attached hydrogens (primary N) is 1. The second-order valence-corrected chi connectivity index (χ2v) is 6.78. The Labute approximate surface area is 109 Å². The normalized spacial score (nSPS) is 18.4. The molecule has 0 amide bonds. The SMILES string of the molecule is Nc1ccc(CS(=O)(=O)N2CCCCCC2)cc1. The van der Waals surface area contributed by atoms with Gasteiger partial charge in [-0.25, -0.2) is 12.7 Å². The van der Waals surface area contributed by atoms with Crippen LogP contribution in [-0.4, -0.2) is 25.8 Å². The van der Waals surface area contributed by atoms with Crippen LogP contribution in [0.25, 0.3) is 0 Å². The van der Waals surface area contributed by atoms with E-state index in [0.29, 0.717) is 18.8 Å². The number of nitrogen functional groups attached to an aromatic ring is 1. The first kappa shape index (κ1) is 13.4. The van der Waals surface area contributed by atoms with Gasteiger partial charge in [0.25, 0.3) is 0 Å². The molecular weight excluding hydrogens is 248 g/mol. The highest BCUT2D eigenvalue weighted by Gasteiger charge is 2.23. The van der Waals surface area contributed by atoms with Gasteiger partial charge >= 0.3 is 0 Å². The molecule has 100 valence electrons. The first-order valence-corrected chi connectivity index (χ1v) is 8.01. The van der Waals surface area contributed by atoms with Crippen molar-refractivity contribution in [2.75, 3.05) is 18.8 Å². The van der Waals surface area contributed by atoms with Gasteiger partial charge in [-0.3, -0.25) is 0 Å². The summed E-state index contributed by atoms with van der Waals surface area (Å²) in [4.78, 5) is 0. The molecule has 0 spiro atoms. The first-order chi connectivity index (χ1) is 8.58. The summed E-state index contributed by atoms with van der Waals surface area (Å²) < 4.78 is 26.2. The highest BCUT2D eigenvalue weighted by atomic mass is 32.2. The van der Waals surface area contributed by atoms with Crippen molar-refractivity contribution in [3.05, 3.63) is 29.8 Å². The minimum atomic E-state index is -3.18. The quantitative estimate of drug-likeness (QED) is 0.853. The van der Waals surface area contributed by atoms with Crippen LogP contribution in [0.3, 0.4) is 0 Å². The molecule has 1 heterocycles. The monoisotopic (exact) mass is 268 g/mol. The number of rotatable bonds is 3. The van der Waals surface area contributed by atoms with E-state index in [1.807, 2.05) is 0 Å². The van der Waals surface area contributed by atoms with Gasteiger partial charge in [0.1, 0.15) is 0 Å². The van der Waals surface area contributed by atoms with Crippen molar-refractivity contribution in [3.63, 3.8) is 0 Å². The smallest absolute Gasteiger partial charge is 0.218 e. The lowest BCUT2D eigenvalue weighted by Crippen LogP contribution is -2.32. The Hall–Kier alpha value is -1.07. The molecule has 1 fully saturated rings. The van der Waals surface area contributed by atoms with Crippen molar-refractivity contribution in [1.82, 2.24) is 4.31 Å². The van der Waals surface area contributed by atoms with Crippen LogP contribution in [0.2, 0.25) is 0 Å². The maximum Gasteiger partial charge on any atom is 0.218 e. The molecule has 0 aliphatic carbocycles. The zero-order chi connectivity index (χ0) is 13.0. The molecule has 1 aromatic rings. The summed E-state index contributed by atoms with van der Waals surface area (Å²) in [5, 5.41) is 0. The van der Waals surface area contributed by atoms with E-state index in [2.05, 4.69) is 0 Å². The van der Waals surface area contributed by atoms with E-state index in [0.717, 1.165) is 31.2 Å². The molecule has 0 aromatic heterocycles. The molecule has 2 rings (SSSR count). The van der Waals surface area contributed by atoms with Crippen LogP contribution in [0.5, 0.6) is 0 Å². The standard InChI is InChI=1S/C13H20N2O2S/c14-13-7-5-12(6-8-13)11-18(16,17)15-9-3-1-2-4-10-15/h5-8H,1-4,9-11,14H2. The minimum absolute atomic E-state index is 0.0767. The van der Waals surface area contributed by atoms with E-state index < -0.39 is 10.0 Å². The van der Waals surface area contributed by atoms with Crippen molar-refractivity contribution >= 4 is 15.7 Å². The molecule has 1 aliphatic rings. The maximum atomic E-state index is 12.3. The third-order valence-electron chi connectivity index (χ3n) is 3.29. The van der Waals surface area contributed by atoms with E-state index in [4.69, 9.17) is 5.73 Å². The highest BCUT2D eigenvalue weighted by molar-refractivity contribution is 7.88. The molecular formula is C13H20N2O2S. The zero-order valence-electron chi connectivity index (χ0n) is 10.5. The van der Waals surface area contributed by atoms with E-state index in [9.17, 15) is 8.42 Å². The minimum Gasteiger partial charge on any atom is -0.399 e. The van der Waals surface area contributed by atoms with Crippen molar-refractivity contribution in [2.45, 2.75) is 31.4 Å². The molecule has 5 heteroatoms. The van der Waals surface area contributed by atoms with Crippen LogP contribution in [0.15, 0.2) is 24.3 Å². The fourth-order valence-electron chi connectivity index (χ4n) is 2.24. The lowest BCUT2D eigenvalue weighted by Gasteiger charge is -2.19. The summed E-state index contributed by atoms with van der Waals surface area (Å²) in [6, 6.07) is 7.05. The number of hydrogen-bond donors (Lipinski definition) is 1. The van der Waals surface area contributed by atoms with Gasteiger partial charge in [0.05, 0.1) is 5.75 Å². The average Bonchev–Trinajstić information content (AvgIpc) is 2.61.